The summed E-state index contributed by atoms with van der Waals surface area (Å²) in [5.74, 6) is 1.83. The number of rotatable bonds is 5. The van der Waals surface area contributed by atoms with Gasteiger partial charge in [-0.15, -0.1) is 11.8 Å². The molecule has 2 saturated heterocycles. The first-order valence-electron chi connectivity index (χ1n) is 7.78. The number of benzene rings is 1. The molecule has 2 N–H and O–H groups in total. The summed E-state index contributed by atoms with van der Waals surface area (Å²) in [6.07, 6.45) is 0. The number of carbonyl (C=O) groups is 1. The van der Waals surface area contributed by atoms with Gasteiger partial charge in [-0.05, 0) is 11.1 Å². The summed E-state index contributed by atoms with van der Waals surface area (Å²) >= 11 is 1.77. The van der Waals surface area contributed by atoms with Crippen molar-refractivity contribution in [1.29, 1.82) is 0 Å². The number of morpholine rings is 1. The van der Waals surface area contributed by atoms with E-state index in [0.29, 0.717) is 6.54 Å². The van der Waals surface area contributed by atoms with Crippen molar-refractivity contribution in [2.24, 2.45) is 0 Å². The lowest BCUT2D eigenvalue weighted by Crippen LogP contribution is -2.41. The summed E-state index contributed by atoms with van der Waals surface area (Å²) in [5.41, 5.74) is 2.45. The molecule has 2 heterocycles. The van der Waals surface area contributed by atoms with Gasteiger partial charge in [0.1, 0.15) is 0 Å². The summed E-state index contributed by atoms with van der Waals surface area (Å²) in [6, 6.07) is 8.48. The van der Waals surface area contributed by atoms with Gasteiger partial charge in [-0.3, -0.25) is 15.0 Å². The van der Waals surface area contributed by atoms with Crippen LogP contribution in [0.15, 0.2) is 24.3 Å². The van der Waals surface area contributed by atoms with E-state index in [-0.39, 0.29) is 11.9 Å². The summed E-state index contributed by atoms with van der Waals surface area (Å²) in [4.78, 5) is 14.3. The highest BCUT2D eigenvalue weighted by Gasteiger charge is 2.21. The third kappa shape index (κ3) is 4.46. The molecule has 120 valence electrons. The molecule has 2 aliphatic rings. The Balaban J connectivity index is 1.45. The van der Waals surface area contributed by atoms with E-state index in [2.05, 4.69) is 39.8 Å². The van der Waals surface area contributed by atoms with E-state index in [4.69, 9.17) is 4.74 Å². The Morgan fingerprint density at radius 3 is 2.68 bits per heavy atom. The van der Waals surface area contributed by atoms with E-state index in [1.165, 1.54) is 5.56 Å². The van der Waals surface area contributed by atoms with E-state index in [0.717, 1.165) is 50.0 Å². The second-order valence-corrected chi connectivity index (χ2v) is 6.72. The fraction of sp³-hybridized carbons (Fsp3) is 0.562. The number of ether oxygens (including phenoxy) is 1. The van der Waals surface area contributed by atoms with Gasteiger partial charge in [0, 0.05) is 37.8 Å². The molecule has 1 amide bonds. The molecule has 1 unspecified atom stereocenters. The van der Waals surface area contributed by atoms with Crippen LogP contribution in [-0.2, 0) is 22.6 Å². The standard InChI is InChI=1S/C16H23N3O2S/c20-16(15-11-22-12-18-15)17-9-13-1-3-14(4-2-13)10-19-5-7-21-8-6-19/h1-4,15,18H,5-12H2,(H,17,20). The predicted molar refractivity (Wildman–Crippen MR) is 88.6 cm³/mol. The third-order valence-electron chi connectivity index (χ3n) is 4.03. The molecule has 22 heavy (non-hydrogen) atoms. The second kappa shape index (κ2) is 7.97. The fourth-order valence-electron chi connectivity index (χ4n) is 2.66. The average molecular weight is 321 g/mol. The third-order valence-corrected chi connectivity index (χ3v) is 4.97. The topological polar surface area (TPSA) is 53.6 Å². The van der Waals surface area contributed by atoms with Crippen molar-refractivity contribution in [3.8, 4) is 0 Å². The summed E-state index contributed by atoms with van der Waals surface area (Å²) in [5, 5.41) is 6.18. The van der Waals surface area contributed by atoms with Crippen LogP contribution in [0.1, 0.15) is 11.1 Å². The van der Waals surface area contributed by atoms with Gasteiger partial charge >= 0.3 is 0 Å². The molecule has 0 radical (unpaired) electrons. The maximum absolute atomic E-state index is 11.9. The number of amides is 1. The quantitative estimate of drug-likeness (QED) is 0.840. The predicted octanol–water partition coefficient (Wildman–Crippen LogP) is 0.797. The SMILES string of the molecule is O=C(NCc1ccc(CN2CCOCC2)cc1)C1CSCN1. The highest BCUT2D eigenvalue weighted by Crippen LogP contribution is 2.11. The Labute approximate surface area is 135 Å². The molecule has 3 rings (SSSR count). The van der Waals surface area contributed by atoms with Crippen molar-refractivity contribution in [3.63, 3.8) is 0 Å². The lowest BCUT2D eigenvalue weighted by Gasteiger charge is -2.26. The van der Waals surface area contributed by atoms with Crippen LogP contribution in [-0.4, -0.2) is 54.8 Å². The molecular formula is C16H23N3O2S. The number of thioether (sulfide) groups is 1. The minimum absolute atomic E-state index is 0.0365. The molecule has 5 nitrogen and oxygen atoms in total. The van der Waals surface area contributed by atoms with Gasteiger partial charge in [0.2, 0.25) is 5.91 Å². The largest absolute Gasteiger partial charge is 0.379 e. The first kappa shape index (κ1) is 15.8. The molecule has 0 bridgehead atoms. The molecule has 2 aliphatic heterocycles. The van der Waals surface area contributed by atoms with Crippen molar-refractivity contribution in [1.82, 2.24) is 15.5 Å². The maximum atomic E-state index is 11.9. The van der Waals surface area contributed by atoms with Crippen LogP contribution in [0.3, 0.4) is 0 Å². The number of hydrogen-bond donors (Lipinski definition) is 2. The molecule has 0 aromatic heterocycles. The zero-order valence-electron chi connectivity index (χ0n) is 12.7. The second-order valence-electron chi connectivity index (χ2n) is 5.69. The average Bonchev–Trinajstić information content (AvgIpc) is 3.09. The molecule has 0 aliphatic carbocycles. The fourth-order valence-corrected chi connectivity index (χ4v) is 3.60. The van der Waals surface area contributed by atoms with Gasteiger partial charge in [-0.1, -0.05) is 24.3 Å². The molecule has 1 atom stereocenters. The Morgan fingerprint density at radius 1 is 1.27 bits per heavy atom. The van der Waals surface area contributed by atoms with Crippen LogP contribution in [0.25, 0.3) is 0 Å². The van der Waals surface area contributed by atoms with Crippen LogP contribution in [0, 0.1) is 0 Å². The van der Waals surface area contributed by atoms with Gasteiger partial charge in [-0.2, -0.15) is 0 Å². The van der Waals surface area contributed by atoms with Gasteiger partial charge in [0.15, 0.2) is 0 Å². The Morgan fingerprint density at radius 2 is 2.00 bits per heavy atom. The monoisotopic (exact) mass is 321 g/mol. The number of nitrogens with zero attached hydrogens (tertiary/aromatic N) is 1. The number of nitrogens with one attached hydrogen (secondary N) is 2. The van der Waals surface area contributed by atoms with Crippen LogP contribution in [0.2, 0.25) is 0 Å². The first-order chi connectivity index (χ1) is 10.8. The lowest BCUT2D eigenvalue weighted by molar-refractivity contribution is -0.122. The van der Waals surface area contributed by atoms with E-state index in [1.807, 2.05) is 0 Å². The Kier molecular flexibility index (Phi) is 5.72. The zero-order chi connectivity index (χ0) is 15.2. The van der Waals surface area contributed by atoms with Crippen LogP contribution < -0.4 is 10.6 Å². The zero-order valence-corrected chi connectivity index (χ0v) is 13.5. The number of hydrogen-bond acceptors (Lipinski definition) is 5. The highest BCUT2D eigenvalue weighted by molar-refractivity contribution is 7.99. The lowest BCUT2D eigenvalue weighted by atomic mass is 10.1. The van der Waals surface area contributed by atoms with E-state index < -0.39 is 0 Å². The van der Waals surface area contributed by atoms with Crippen molar-refractivity contribution in [3.05, 3.63) is 35.4 Å². The number of carbonyl (C=O) groups excluding carboxylic acids is 1. The van der Waals surface area contributed by atoms with Crippen LogP contribution in [0.5, 0.6) is 0 Å². The molecule has 2 fully saturated rings. The van der Waals surface area contributed by atoms with Gasteiger partial charge in [0.05, 0.1) is 19.3 Å². The Hall–Kier alpha value is -1.08. The summed E-state index contributed by atoms with van der Waals surface area (Å²) in [7, 11) is 0. The molecule has 1 aromatic carbocycles. The van der Waals surface area contributed by atoms with Gasteiger partial charge < -0.3 is 10.1 Å². The maximum Gasteiger partial charge on any atom is 0.238 e. The summed E-state index contributed by atoms with van der Waals surface area (Å²) in [6.45, 7) is 5.24. The van der Waals surface area contributed by atoms with Crippen molar-refractivity contribution >= 4 is 17.7 Å². The molecule has 1 aromatic rings. The molecule has 0 saturated carbocycles. The molecule has 0 spiro atoms. The van der Waals surface area contributed by atoms with Crippen LogP contribution >= 0.6 is 11.8 Å². The Bertz CT molecular complexity index is 483. The smallest absolute Gasteiger partial charge is 0.238 e. The van der Waals surface area contributed by atoms with Crippen LogP contribution in [0.4, 0.5) is 0 Å². The van der Waals surface area contributed by atoms with E-state index in [9.17, 15) is 4.79 Å². The van der Waals surface area contributed by atoms with Gasteiger partial charge in [0.25, 0.3) is 0 Å². The highest BCUT2D eigenvalue weighted by atomic mass is 32.2. The van der Waals surface area contributed by atoms with Crippen molar-refractivity contribution < 1.29 is 9.53 Å². The normalized spacial score (nSPS) is 22.6. The van der Waals surface area contributed by atoms with E-state index >= 15 is 0 Å². The minimum Gasteiger partial charge on any atom is -0.379 e. The molecular weight excluding hydrogens is 298 g/mol. The van der Waals surface area contributed by atoms with Crippen molar-refractivity contribution in [2.45, 2.75) is 19.1 Å². The van der Waals surface area contributed by atoms with Gasteiger partial charge in [-0.25, -0.2) is 0 Å². The molecule has 6 heteroatoms. The first-order valence-corrected chi connectivity index (χ1v) is 8.93. The van der Waals surface area contributed by atoms with Crippen molar-refractivity contribution in [2.75, 3.05) is 37.9 Å². The summed E-state index contributed by atoms with van der Waals surface area (Å²) < 4.78 is 5.36. The minimum atomic E-state index is -0.0365. The van der Waals surface area contributed by atoms with E-state index in [1.54, 1.807) is 11.8 Å².